The number of methoxy groups -OCH3 is 1. The minimum absolute atomic E-state index is 0.118. The van der Waals surface area contributed by atoms with Gasteiger partial charge in [-0.25, -0.2) is 8.42 Å². The van der Waals surface area contributed by atoms with Crippen molar-refractivity contribution in [2.24, 2.45) is 0 Å². The van der Waals surface area contributed by atoms with Crippen molar-refractivity contribution in [1.29, 1.82) is 0 Å². The van der Waals surface area contributed by atoms with E-state index in [1.165, 1.54) is 16.1 Å². The molecule has 1 N–H and O–H groups in total. The Hall–Kier alpha value is -0.760. The van der Waals surface area contributed by atoms with Gasteiger partial charge < -0.3 is 9.84 Å². The highest BCUT2D eigenvalue weighted by Crippen LogP contribution is 2.31. The predicted octanol–water partition coefficient (Wildman–Crippen LogP) is 1.32. The molecule has 1 saturated heterocycles. The number of aliphatic hydroxyl groups is 1. The fourth-order valence-electron chi connectivity index (χ4n) is 2.47. The van der Waals surface area contributed by atoms with Crippen LogP contribution in [-0.2, 0) is 15.8 Å². The fraction of sp³-hybridized carbons (Fsp3) is 0.571. The van der Waals surface area contributed by atoms with E-state index in [4.69, 9.17) is 4.74 Å². The molecule has 2 unspecified atom stereocenters. The molecule has 1 aliphatic rings. The molecule has 7 heteroatoms. The molecule has 1 aromatic carbocycles. The van der Waals surface area contributed by atoms with Gasteiger partial charge in [0.15, 0.2) is 0 Å². The summed E-state index contributed by atoms with van der Waals surface area (Å²) in [5.74, 6) is 1.65. The molecule has 1 aromatic rings. The van der Waals surface area contributed by atoms with Crippen LogP contribution in [0.3, 0.4) is 0 Å². The molecule has 1 aliphatic heterocycles. The van der Waals surface area contributed by atoms with Crippen molar-refractivity contribution in [3.05, 3.63) is 29.8 Å². The summed E-state index contributed by atoms with van der Waals surface area (Å²) in [5.41, 5.74) is 1.18. The predicted molar refractivity (Wildman–Crippen MR) is 85.1 cm³/mol. The average molecular weight is 331 g/mol. The largest absolute Gasteiger partial charge is 0.497 e. The van der Waals surface area contributed by atoms with Crippen LogP contribution in [0.1, 0.15) is 12.0 Å². The van der Waals surface area contributed by atoms with Crippen LogP contribution < -0.4 is 4.74 Å². The molecule has 5 nitrogen and oxygen atoms in total. The third kappa shape index (κ3) is 4.35. The summed E-state index contributed by atoms with van der Waals surface area (Å²) >= 11 is 1.73. The Morgan fingerprint density at radius 2 is 2.05 bits per heavy atom. The van der Waals surface area contributed by atoms with Crippen LogP contribution in [-0.4, -0.2) is 55.6 Å². The number of rotatable bonds is 6. The Morgan fingerprint density at radius 1 is 1.38 bits per heavy atom. The molecule has 0 spiro atoms. The van der Waals surface area contributed by atoms with Gasteiger partial charge in [0, 0.05) is 23.6 Å². The van der Waals surface area contributed by atoms with Gasteiger partial charge in [0.2, 0.25) is 10.0 Å². The Bertz CT molecular complexity index is 559. The average Bonchev–Trinajstić information content (AvgIpc) is 2.89. The van der Waals surface area contributed by atoms with Crippen LogP contribution in [0, 0.1) is 0 Å². The van der Waals surface area contributed by atoms with Crippen molar-refractivity contribution >= 4 is 21.8 Å². The maximum absolute atomic E-state index is 11.7. The second kappa shape index (κ2) is 7.00. The fourth-order valence-corrected chi connectivity index (χ4v) is 4.96. The minimum Gasteiger partial charge on any atom is -0.497 e. The van der Waals surface area contributed by atoms with Crippen LogP contribution in [0.25, 0.3) is 0 Å². The maximum Gasteiger partial charge on any atom is 0.211 e. The number of hydrogen-bond acceptors (Lipinski definition) is 5. The quantitative estimate of drug-likeness (QED) is 0.852. The molecule has 0 radical (unpaired) electrons. The topological polar surface area (TPSA) is 66.8 Å². The molecule has 0 aromatic heterocycles. The molecule has 0 saturated carbocycles. The molecule has 21 heavy (non-hydrogen) atoms. The number of ether oxygens (including phenoxy) is 1. The lowest BCUT2D eigenvalue weighted by Gasteiger charge is -2.19. The van der Waals surface area contributed by atoms with Gasteiger partial charge in [0.05, 0.1) is 20.0 Å². The summed E-state index contributed by atoms with van der Waals surface area (Å²) < 4.78 is 29.9. The zero-order valence-corrected chi connectivity index (χ0v) is 13.9. The van der Waals surface area contributed by atoms with E-state index in [-0.39, 0.29) is 17.9 Å². The van der Waals surface area contributed by atoms with E-state index in [1.807, 2.05) is 24.3 Å². The van der Waals surface area contributed by atoms with Crippen LogP contribution >= 0.6 is 11.8 Å². The van der Waals surface area contributed by atoms with E-state index in [0.717, 1.165) is 11.5 Å². The molecular formula is C14H21NO4S2. The van der Waals surface area contributed by atoms with Gasteiger partial charge in [0.1, 0.15) is 5.75 Å². The minimum atomic E-state index is -3.25. The number of aliphatic hydroxyl groups excluding tert-OH is 1. The standard InChI is InChI=1S/C14H21NO4S2/c1-19-13-5-3-11(4-6-13)10-20-14-7-12(9-16)15(8-14)21(2,17)18/h3-6,12,14,16H,7-10H2,1-2H3. The third-order valence-corrected chi connectivity index (χ3v) is 6.22. The Labute approximate surface area is 130 Å². The number of nitrogens with zero attached hydrogens (tertiary/aromatic N) is 1. The number of benzene rings is 1. The molecule has 0 bridgehead atoms. The van der Waals surface area contributed by atoms with Gasteiger partial charge >= 0.3 is 0 Å². The van der Waals surface area contributed by atoms with Gasteiger partial charge in [-0.3, -0.25) is 0 Å². The number of thioether (sulfide) groups is 1. The van der Waals surface area contributed by atoms with Crippen molar-refractivity contribution in [2.75, 3.05) is 26.5 Å². The zero-order valence-electron chi connectivity index (χ0n) is 12.2. The first-order valence-electron chi connectivity index (χ1n) is 6.76. The molecule has 0 aliphatic carbocycles. The molecule has 1 fully saturated rings. The Morgan fingerprint density at radius 3 is 2.52 bits per heavy atom. The second-order valence-electron chi connectivity index (χ2n) is 5.19. The second-order valence-corrected chi connectivity index (χ2v) is 8.41. The number of sulfonamides is 1. The van der Waals surface area contributed by atoms with Gasteiger partial charge in [-0.2, -0.15) is 16.1 Å². The summed E-state index contributed by atoms with van der Waals surface area (Å²) in [6.07, 6.45) is 1.90. The lowest BCUT2D eigenvalue weighted by atomic mass is 10.2. The van der Waals surface area contributed by atoms with Crippen molar-refractivity contribution in [3.8, 4) is 5.75 Å². The molecule has 1 heterocycles. The van der Waals surface area contributed by atoms with Crippen LogP contribution in [0.15, 0.2) is 24.3 Å². The highest BCUT2D eigenvalue weighted by atomic mass is 32.2. The van der Waals surface area contributed by atoms with Crippen molar-refractivity contribution in [3.63, 3.8) is 0 Å². The van der Waals surface area contributed by atoms with E-state index in [9.17, 15) is 13.5 Å². The van der Waals surface area contributed by atoms with Crippen molar-refractivity contribution in [1.82, 2.24) is 4.31 Å². The normalized spacial score (nSPS) is 23.4. The summed E-state index contributed by atoms with van der Waals surface area (Å²) in [7, 11) is -1.61. The van der Waals surface area contributed by atoms with Crippen molar-refractivity contribution < 1.29 is 18.3 Å². The van der Waals surface area contributed by atoms with Crippen LogP contribution in [0.4, 0.5) is 0 Å². The summed E-state index contributed by atoms with van der Waals surface area (Å²) in [6.45, 7) is 0.359. The first kappa shape index (κ1) is 16.6. The Kier molecular flexibility index (Phi) is 5.54. The van der Waals surface area contributed by atoms with Gasteiger partial charge in [0.25, 0.3) is 0 Å². The van der Waals surface area contributed by atoms with Gasteiger partial charge in [-0.05, 0) is 24.1 Å². The summed E-state index contributed by atoms with van der Waals surface area (Å²) in [5, 5.41) is 9.55. The number of hydrogen-bond donors (Lipinski definition) is 1. The molecule has 0 amide bonds. The molecule has 2 rings (SSSR count). The lowest BCUT2D eigenvalue weighted by molar-refractivity contribution is 0.214. The summed E-state index contributed by atoms with van der Waals surface area (Å²) in [4.78, 5) is 0. The summed E-state index contributed by atoms with van der Waals surface area (Å²) in [6, 6.07) is 7.58. The van der Waals surface area contributed by atoms with Crippen molar-refractivity contribution in [2.45, 2.75) is 23.5 Å². The van der Waals surface area contributed by atoms with E-state index in [2.05, 4.69) is 0 Å². The smallest absolute Gasteiger partial charge is 0.211 e. The van der Waals surface area contributed by atoms with E-state index in [1.54, 1.807) is 18.9 Å². The van der Waals surface area contributed by atoms with Crippen LogP contribution in [0.5, 0.6) is 5.75 Å². The molecular weight excluding hydrogens is 310 g/mol. The first-order chi connectivity index (χ1) is 9.94. The highest BCUT2D eigenvalue weighted by Gasteiger charge is 2.37. The molecule has 2 atom stereocenters. The first-order valence-corrected chi connectivity index (χ1v) is 9.66. The molecule has 118 valence electrons. The Balaban J connectivity index is 1.92. The van der Waals surface area contributed by atoms with E-state index < -0.39 is 10.0 Å². The SMILES string of the molecule is COc1ccc(CSC2CC(CO)N(S(C)(=O)=O)C2)cc1. The van der Waals surface area contributed by atoms with Gasteiger partial charge in [-0.15, -0.1) is 0 Å². The lowest BCUT2D eigenvalue weighted by Crippen LogP contribution is -2.36. The zero-order chi connectivity index (χ0) is 15.5. The highest BCUT2D eigenvalue weighted by molar-refractivity contribution is 7.99. The third-order valence-electron chi connectivity index (χ3n) is 3.61. The maximum atomic E-state index is 11.7. The monoisotopic (exact) mass is 331 g/mol. The van der Waals surface area contributed by atoms with E-state index >= 15 is 0 Å². The van der Waals surface area contributed by atoms with Gasteiger partial charge in [-0.1, -0.05) is 12.1 Å². The van der Waals surface area contributed by atoms with Crippen LogP contribution in [0.2, 0.25) is 0 Å². The van der Waals surface area contributed by atoms with E-state index in [0.29, 0.717) is 13.0 Å².